The van der Waals surface area contributed by atoms with Gasteiger partial charge in [0.05, 0.1) is 6.61 Å². The van der Waals surface area contributed by atoms with Crippen molar-refractivity contribution < 1.29 is 18.3 Å². The summed E-state index contributed by atoms with van der Waals surface area (Å²) >= 11 is 0. The van der Waals surface area contributed by atoms with Crippen molar-refractivity contribution in [1.82, 2.24) is 0 Å². The average molecular weight is 178 g/mol. The molecule has 0 saturated heterocycles. The monoisotopic (exact) mass is 178 g/mol. The van der Waals surface area contributed by atoms with Crippen molar-refractivity contribution in [2.75, 3.05) is 6.61 Å². The van der Waals surface area contributed by atoms with Crippen LogP contribution in [0, 0.1) is 0 Å². The van der Waals surface area contributed by atoms with Gasteiger partial charge in [0.25, 0.3) is 0 Å². The van der Waals surface area contributed by atoms with Gasteiger partial charge < -0.3 is 4.74 Å². The molecule has 0 heterocycles. The normalized spacial score (nSPS) is 10.8. The van der Waals surface area contributed by atoms with E-state index in [9.17, 15) is 13.6 Å². The summed E-state index contributed by atoms with van der Waals surface area (Å²) in [4.78, 5) is 10.6. The molecule has 70 valence electrons. The summed E-state index contributed by atoms with van der Waals surface area (Å²) in [5, 5.41) is 0. The predicted octanol–water partition coefficient (Wildman–Crippen LogP) is 2.15. The molecule has 0 aromatic heterocycles. The second-order valence-electron chi connectivity index (χ2n) is 2.57. The van der Waals surface area contributed by atoms with Crippen molar-refractivity contribution in [3.63, 3.8) is 0 Å². The summed E-state index contributed by atoms with van der Waals surface area (Å²) in [6.07, 6.45) is 0.588. The van der Waals surface area contributed by atoms with E-state index in [2.05, 4.69) is 4.74 Å². The zero-order valence-corrected chi connectivity index (χ0v) is 7.36. The molecular weight excluding hydrogens is 166 g/mol. The minimum atomic E-state index is -3.49. The zero-order valence-electron chi connectivity index (χ0n) is 7.36. The van der Waals surface area contributed by atoms with E-state index in [0.29, 0.717) is 11.6 Å². The highest BCUT2D eigenvalue weighted by Gasteiger charge is 2.37. The van der Waals surface area contributed by atoms with Crippen molar-refractivity contribution >= 4 is 5.97 Å². The topological polar surface area (TPSA) is 26.3 Å². The molecule has 0 aliphatic heterocycles. The lowest BCUT2D eigenvalue weighted by Crippen LogP contribution is -2.28. The Hall–Kier alpha value is -0.930. The fourth-order valence-electron chi connectivity index (χ4n) is 0.649. The fraction of sp³-hybridized carbons (Fsp3) is 0.625. The zero-order chi connectivity index (χ0) is 9.78. The first-order chi connectivity index (χ1) is 5.40. The van der Waals surface area contributed by atoms with E-state index in [0.717, 1.165) is 0 Å². The highest BCUT2D eigenvalue weighted by atomic mass is 19.3. The first-order valence-electron chi connectivity index (χ1n) is 3.61. The number of hydrogen-bond donors (Lipinski definition) is 0. The van der Waals surface area contributed by atoms with Gasteiger partial charge in [-0.15, -0.1) is 0 Å². The Bertz CT molecular complexity index is 193. The van der Waals surface area contributed by atoms with Gasteiger partial charge in [-0.2, -0.15) is 8.78 Å². The fourth-order valence-corrected chi connectivity index (χ4v) is 0.649. The van der Waals surface area contributed by atoms with E-state index in [1.807, 2.05) is 0 Å². The van der Waals surface area contributed by atoms with Gasteiger partial charge in [-0.25, -0.2) is 4.79 Å². The molecule has 4 heteroatoms. The van der Waals surface area contributed by atoms with Gasteiger partial charge in [-0.1, -0.05) is 5.57 Å². The molecule has 0 aliphatic rings. The highest BCUT2D eigenvalue weighted by molar-refractivity contribution is 5.80. The van der Waals surface area contributed by atoms with Crippen LogP contribution in [0.15, 0.2) is 11.6 Å². The van der Waals surface area contributed by atoms with E-state index < -0.39 is 11.9 Å². The number of ether oxygens (including phenoxy) is 1. The molecule has 0 aromatic rings. The summed E-state index contributed by atoms with van der Waals surface area (Å²) in [5.74, 6) is -4.99. The molecule has 0 atom stereocenters. The molecule has 2 nitrogen and oxygen atoms in total. The molecule has 0 amide bonds. The summed E-state index contributed by atoms with van der Waals surface area (Å²) in [5.41, 5.74) is 0.382. The van der Waals surface area contributed by atoms with Crippen LogP contribution in [0.25, 0.3) is 0 Å². The number of carbonyl (C=O) groups is 1. The number of halogens is 2. The summed E-state index contributed by atoms with van der Waals surface area (Å²) < 4.78 is 29.6. The Labute approximate surface area is 70.2 Å². The van der Waals surface area contributed by atoms with E-state index >= 15 is 0 Å². The second kappa shape index (κ2) is 4.18. The number of carbonyl (C=O) groups excluding carboxylic acids is 1. The third-order valence-electron chi connectivity index (χ3n) is 1.02. The molecule has 0 fully saturated rings. The molecule has 0 spiro atoms. The summed E-state index contributed by atoms with van der Waals surface area (Å²) in [6.45, 7) is 4.43. The smallest absolute Gasteiger partial charge is 0.381 e. The van der Waals surface area contributed by atoms with Crippen LogP contribution in [-0.2, 0) is 9.53 Å². The van der Waals surface area contributed by atoms with Crippen LogP contribution < -0.4 is 0 Å². The molecule has 0 bridgehead atoms. The van der Waals surface area contributed by atoms with Gasteiger partial charge in [0.1, 0.15) is 0 Å². The van der Waals surface area contributed by atoms with Gasteiger partial charge in [-0.3, -0.25) is 0 Å². The van der Waals surface area contributed by atoms with Gasteiger partial charge in [0.2, 0.25) is 0 Å². The average Bonchev–Trinajstić information content (AvgIpc) is 1.85. The van der Waals surface area contributed by atoms with E-state index in [1.165, 1.54) is 20.8 Å². The molecule has 0 rings (SSSR count). The molecule has 0 N–H and O–H groups in total. The molecule has 0 aromatic carbocycles. The number of rotatable bonds is 3. The molecule has 0 radical (unpaired) electrons. The first kappa shape index (κ1) is 11.1. The Morgan fingerprint density at radius 2 is 2.00 bits per heavy atom. The molecule has 12 heavy (non-hydrogen) atoms. The number of hydrogen-bond acceptors (Lipinski definition) is 2. The maximum Gasteiger partial charge on any atom is 0.381 e. The maximum absolute atomic E-state index is 12.7. The maximum atomic E-state index is 12.7. The van der Waals surface area contributed by atoms with Gasteiger partial charge in [0, 0.05) is 0 Å². The number of allylic oxidation sites excluding steroid dienone is 1. The standard InChI is InChI=1S/C8H12F2O2/c1-4-12-7(11)8(9,10)5-6(2)3/h5H,4H2,1-3H3. The minimum absolute atomic E-state index is 0.0367. The van der Waals surface area contributed by atoms with Crippen molar-refractivity contribution in [2.24, 2.45) is 0 Å². The third-order valence-corrected chi connectivity index (χ3v) is 1.02. The Morgan fingerprint density at radius 1 is 1.50 bits per heavy atom. The number of esters is 1. The van der Waals surface area contributed by atoms with Crippen molar-refractivity contribution in [2.45, 2.75) is 26.7 Å². The highest BCUT2D eigenvalue weighted by Crippen LogP contribution is 2.19. The van der Waals surface area contributed by atoms with Crippen molar-refractivity contribution in [1.29, 1.82) is 0 Å². The SMILES string of the molecule is CCOC(=O)C(F)(F)C=C(C)C. The molecule has 0 saturated carbocycles. The molecule has 0 aliphatic carbocycles. The van der Waals surface area contributed by atoms with Gasteiger partial charge in [-0.05, 0) is 26.8 Å². The minimum Gasteiger partial charge on any atom is -0.461 e. The van der Waals surface area contributed by atoms with Crippen molar-refractivity contribution in [3.8, 4) is 0 Å². The number of alkyl halides is 2. The lowest BCUT2D eigenvalue weighted by Gasteiger charge is -2.10. The molecular formula is C8H12F2O2. The van der Waals surface area contributed by atoms with Crippen LogP contribution in [0.4, 0.5) is 8.78 Å². The van der Waals surface area contributed by atoms with Gasteiger partial charge in [0.15, 0.2) is 0 Å². The first-order valence-corrected chi connectivity index (χ1v) is 3.61. The summed E-state index contributed by atoms with van der Waals surface area (Å²) in [6, 6.07) is 0. The van der Waals surface area contributed by atoms with Crippen molar-refractivity contribution in [3.05, 3.63) is 11.6 Å². The van der Waals surface area contributed by atoms with Crippen LogP contribution in [0.5, 0.6) is 0 Å². The quantitative estimate of drug-likeness (QED) is 0.489. The van der Waals surface area contributed by atoms with Crippen LogP contribution in [0.2, 0.25) is 0 Å². The predicted molar refractivity (Wildman–Crippen MR) is 41.0 cm³/mol. The van der Waals surface area contributed by atoms with Crippen LogP contribution in [0.3, 0.4) is 0 Å². The van der Waals surface area contributed by atoms with E-state index in [4.69, 9.17) is 0 Å². The Kier molecular flexibility index (Phi) is 3.86. The van der Waals surface area contributed by atoms with E-state index in [-0.39, 0.29) is 6.61 Å². The molecule has 0 unspecified atom stereocenters. The van der Waals surface area contributed by atoms with Crippen LogP contribution >= 0.6 is 0 Å². The lowest BCUT2D eigenvalue weighted by atomic mass is 10.2. The summed E-state index contributed by atoms with van der Waals surface area (Å²) in [7, 11) is 0. The third kappa shape index (κ3) is 3.46. The van der Waals surface area contributed by atoms with Crippen LogP contribution in [0.1, 0.15) is 20.8 Å². The second-order valence-corrected chi connectivity index (χ2v) is 2.57. The van der Waals surface area contributed by atoms with Crippen LogP contribution in [-0.4, -0.2) is 18.5 Å². The van der Waals surface area contributed by atoms with E-state index in [1.54, 1.807) is 0 Å². The van der Waals surface area contributed by atoms with Gasteiger partial charge >= 0.3 is 11.9 Å². The Morgan fingerprint density at radius 3 is 2.33 bits per heavy atom. The largest absolute Gasteiger partial charge is 0.461 e. The Balaban J connectivity index is 4.39. The lowest BCUT2D eigenvalue weighted by molar-refractivity contribution is -0.164.